The molecule has 1 aliphatic heterocycles. The smallest absolute Gasteiger partial charge is 0.179 e. The average molecular weight is 785 g/mol. The summed E-state index contributed by atoms with van der Waals surface area (Å²) in [5, 5.41) is 7.99. The Kier molecular flexibility index (Phi) is 8.54. The van der Waals surface area contributed by atoms with Gasteiger partial charge >= 0.3 is 0 Å². The standard InChI is InChI=1S/C57H44N2Si/c1-57(2)51-31-16-18-33-54(51)59(43-23-19-22-42(38-43)41-20-7-3-8-21-41)55-37-34-44(39-52(55)57)58-53-32-17-15-30-49(53)50-36-35-48(40-56(50)58)60(45-24-9-4-10-25-45,46-26-11-5-12-27-46)47-28-13-6-14-29-47/h3-40H,1-2H3. The van der Waals surface area contributed by atoms with Crippen molar-refractivity contribution in [2.75, 3.05) is 4.90 Å². The molecule has 11 rings (SSSR count). The lowest BCUT2D eigenvalue weighted by Crippen LogP contribution is -2.74. The molecule has 60 heavy (non-hydrogen) atoms. The molecule has 2 nitrogen and oxygen atoms in total. The van der Waals surface area contributed by atoms with Crippen LogP contribution in [-0.4, -0.2) is 12.6 Å². The molecule has 3 heteroatoms. The molecular formula is C57H44N2Si. The number of nitrogens with zero attached hydrogens (tertiary/aromatic N) is 2. The zero-order valence-corrected chi connectivity index (χ0v) is 34.8. The maximum absolute atomic E-state index is 2.77. The van der Waals surface area contributed by atoms with Crippen LogP contribution in [0.1, 0.15) is 25.0 Å². The number of aromatic nitrogens is 1. The highest BCUT2D eigenvalue weighted by Crippen LogP contribution is 2.52. The van der Waals surface area contributed by atoms with Gasteiger partial charge in [-0.05, 0) is 91.5 Å². The van der Waals surface area contributed by atoms with Gasteiger partial charge in [-0.2, -0.15) is 0 Å². The van der Waals surface area contributed by atoms with Gasteiger partial charge in [0.2, 0.25) is 0 Å². The number of benzene rings is 9. The summed E-state index contributed by atoms with van der Waals surface area (Å²) in [5.74, 6) is 0. The van der Waals surface area contributed by atoms with Crippen molar-refractivity contribution in [1.29, 1.82) is 0 Å². The molecule has 1 aliphatic rings. The van der Waals surface area contributed by atoms with Crippen LogP contribution < -0.4 is 25.6 Å². The van der Waals surface area contributed by atoms with Crippen molar-refractivity contribution >= 4 is 67.7 Å². The van der Waals surface area contributed by atoms with E-state index in [1.54, 1.807) is 0 Å². The number of para-hydroxylation sites is 2. The first-order chi connectivity index (χ1) is 29.5. The van der Waals surface area contributed by atoms with Gasteiger partial charge in [0.05, 0.1) is 22.4 Å². The molecule has 0 aliphatic carbocycles. The number of fused-ring (bicyclic) bond motifs is 5. The van der Waals surface area contributed by atoms with Crippen LogP contribution in [0.4, 0.5) is 17.1 Å². The fourth-order valence-corrected chi connectivity index (χ4v) is 14.9. The van der Waals surface area contributed by atoms with Crippen LogP contribution in [-0.2, 0) is 5.41 Å². The Morgan fingerprint density at radius 2 is 0.900 bits per heavy atom. The highest BCUT2D eigenvalue weighted by molar-refractivity contribution is 7.20. The molecule has 0 atom stereocenters. The fourth-order valence-electron chi connectivity index (χ4n) is 10.1. The molecule has 0 spiro atoms. The summed E-state index contributed by atoms with van der Waals surface area (Å²) in [7, 11) is -2.77. The zero-order valence-electron chi connectivity index (χ0n) is 33.8. The topological polar surface area (TPSA) is 8.17 Å². The van der Waals surface area contributed by atoms with E-state index < -0.39 is 8.07 Å². The van der Waals surface area contributed by atoms with Crippen molar-refractivity contribution in [3.8, 4) is 16.8 Å². The minimum Gasteiger partial charge on any atom is -0.310 e. The van der Waals surface area contributed by atoms with Gasteiger partial charge in [-0.3, -0.25) is 0 Å². The number of hydrogen-bond donors (Lipinski definition) is 0. The van der Waals surface area contributed by atoms with Crippen LogP contribution in [0.15, 0.2) is 231 Å². The molecular weight excluding hydrogens is 741 g/mol. The van der Waals surface area contributed by atoms with Gasteiger partial charge in [-0.15, -0.1) is 0 Å². The minimum atomic E-state index is -2.77. The lowest BCUT2D eigenvalue weighted by atomic mass is 9.73. The van der Waals surface area contributed by atoms with E-state index in [1.807, 2.05) is 0 Å². The Labute approximate surface area is 353 Å². The Morgan fingerprint density at radius 1 is 0.350 bits per heavy atom. The summed E-state index contributed by atoms with van der Waals surface area (Å²) in [6.07, 6.45) is 0. The molecule has 0 fully saturated rings. The lowest BCUT2D eigenvalue weighted by Gasteiger charge is -2.42. The van der Waals surface area contributed by atoms with Gasteiger partial charge < -0.3 is 9.47 Å². The summed E-state index contributed by atoms with van der Waals surface area (Å²) in [5.41, 5.74) is 11.9. The molecule has 0 bridgehead atoms. The van der Waals surface area contributed by atoms with Crippen molar-refractivity contribution in [2.24, 2.45) is 0 Å². The van der Waals surface area contributed by atoms with Crippen molar-refractivity contribution < 1.29 is 0 Å². The molecule has 0 radical (unpaired) electrons. The van der Waals surface area contributed by atoms with Crippen LogP contribution in [0, 0.1) is 0 Å². The summed E-state index contributed by atoms with van der Waals surface area (Å²) in [4.78, 5) is 2.47. The van der Waals surface area contributed by atoms with Crippen molar-refractivity contribution in [1.82, 2.24) is 4.57 Å². The summed E-state index contributed by atoms with van der Waals surface area (Å²) in [6.45, 7) is 4.77. The first-order valence-corrected chi connectivity index (χ1v) is 22.9. The van der Waals surface area contributed by atoms with Crippen molar-refractivity contribution in [2.45, 2.75) is 19.3 Å². The van der Waals surface area contributed by atoms with Crippen LogP contribution >= 0.6 is 0 Å². The molecule has 286 valence electrons. The maximum Gasteiger partial charge on any atom is 0.179 e. The zero-order chi connectivity index (χ0) is 40.3. The van der Waals surface area contributed by atoms with Gasteiger partial charge in [-0.25, -0.2) is 0 Å². The highest BCUT2D eigenvalue weighted by Gasteiger charge is 2.42. The largest absolute Gasteiger partial charge is 0.310 e. The van der Waals surface area contributed by atoms with E-state index in [0.717, 1.165) is 11.4 Å². The second-order valence-electron chi connectivity index (χ2n) is 16.5. The Balaban J connectivity index is 1.16. The lowest BCUT2D eigenvalue weighted by molar-refractivity contribution is 0.631. The van der Waals surface area contributed by atoms with Gasteiger partial charge in [0.25, 0.3) is 0 Å². The average Bonchev–Trinajstić information content (AvgIpc) is 3.65. The van der Waals surface area contributed by atoms with Crippen molar-refractivity contribution in [3.63, 3.8) is 0 Å². The maximum atomic E-state index is 2.52. The minimum absolute atomic E-state index is 0.255. The summed E-state index contributed by atoms with van der Waals surface area (Å²) in [6, 6.07) is 85.7. The molecule has 2 heterocycles. The molecule has 0 N–H and O–H groups in total. The van der Waals surface area contributed by atoms with E-state index in [1.165, 1.54) is 76.2 Å². The first-order valence-electron chi connectivity index (χ1n) is 20.9. The first kappa shape index (κ1) is 35.9. The van der Waals surface area contributed by atoms with E-state index >= 15 is 0 Å². The Hall–Kier alpha value is -7.20. The van der Waals surface area contributed by atoms with Crippen molar-refractivity contribution in [3.05, 3.63) is 242 Å². The van der Waals surface area contributed by atoms with Crippen LogP contribution in [0.5, 0.6) is 0 Å². The summed E-state index contributed by atoms with van der Waals surface area (Å²) >= 11 is 0. The highest BCUT2D eigenvalue weighted by atomic mass is 28.3. The molecule has 0 saturated carbocycles. The van der Waals surface area contributed by atoms with E-state index in [4.69, 9.17) is 0 Å². The fraction of sp³-hybridized carbons (Fsp3) is 0.0526. The monoisotopic (exact) mass is 784 g/mol. The van der Waals surface area contributed by atoms with Gasteiger partial charge in [-0.1, -0.05) is 196 Å². The summed E-state index contributed by atoms with van der Waals surface area (Å²) < 4.78 is 2.52. The third-order valence-corrected chi connectivity index (χ3v) is 17.7. The predicted octanol–water partition coefficient (Wildman–Crippen LogP) is 11.9. The molecule has 9 aromatic carbocycles. The molecule has 1 aromatic heterocycles. The molecule has 0 unspecified atom stereocenters. The van der Waals surface area contributed by atoms with Gasteiger partial charge in [0.15, 0.2) is 8.07 Å². The number of anilines is 3. The van der Waals surface area contributed by atoms with Gasteiger partial charge in [0, 0.05) is 27.6 Å². The number of rotatable bonds is 7. The molecule has 10 aromatic rings. The molecule has 0 saturated heterocycles. The SMILES string of the molecule is CC1(C)c2ccccc2N(c2cccc(-c3ccccc3)c2)c2ccc(-n3c4ccccc4c4ccc([Si](c5ccccc5)(c5ccccc5)c5ccccc5)cc43)cc21. The van der Waals surface area contributed by atoms with Crippen LogP contribution in [0.2, 0.25) is 0 Å². The second kappa shape index (κ2) is 14.3. The quantitative estimate of drug-likeness (QED) is 0.115. The Bertz CT molecular complexity index is 3070. The van der Waals surface area contributed by atoms with E-state index in [9.17, 15) is 0 Å². The predicted molar refractivity (Wildman–Crippen MR) is 257 cm³/mol. The van der Waals surface area contributed by atoms with Crippen LogP contribution in [0.3, 0.4) is 0 Å². The Morgan fingerprint density at radius 3 is 1.58 bits per heavy atom. The molecule has 0 amide bonds. The normalized spacial score (nSPS) is 13.3. The van der Waals surface area contributed by atoms with E-state index in [-0.39, 0.29) is 5.41 Å². The van der Waals surface area contributed by atoms with E-state index in [2.05, 4.69) is 254 Å². The van der Waals surface area contributed by atoms with E-state index in [0.29, 0.717) is 0 Å². The third-order valence-electron chi connectivity index (χ3n) is 12.9. The van der Waals surface area contributed by atoms with Crippen LogP contribution in [0.25, 0.3) is 38.6 Å². The third kappa shape index (κ3) is 5.54. The second-order valence-corrected chi connectivity index (χ2v) is 20.3. The van der Waals surface area contributed by atoms with Gasteiger partial charge in [0.1, 0.15) is 0 Å². The number of hydrogen-bond acceptors (Lipinski definition) is 1.